The molecule has 1 aliphatic rings. The highest BCUT2D eigenvalue weighted by Crippen LogP contribution is 2.39. The van der Waals surface area contributed by atoms with Gasteiger partial charge in [-0.25, -0.2) is 24.1 Å². The molecular weight excluding hydrogens is 482 g/mol. The summed E-state index contributed by atoms with van der Waals surface area (Å²) < 4.78 is 38.0. The summed E-state index contributed by atoms with van der Waals surface area (Å²) in [5.41, 5.74) is 2.59. The average Bonchev–Trinajstić information content (AvgIpc) is 3.33. The van der Waals surface area contributed by atoms with Crippen LogP contribution in [0.4, 0.5) is 0 Å². The normalized spacial score (nSPS) is 21.7. The van der Waals surface area contributed by atoms with Crippen molar-refractivity contribution in [2.75, 3.05) is 6.61 Å². The van der Waals surface area contributed by atoms with E-state index in [0.29, 0.717) is 28.0 Å². The highest BCUT2D eigenvalue weighted by atomic mass is 31.2. The van der Waals surface area contributed by atoms with Crippen LogP contribution < -0.4 is 0 Å². The quantitative estimate of drug-likeness (QED) is 0.271. The number of hydrogen-bond acceptors (Lipinski definition) is 9. The molecule has 3 heterocycles. The van der Waals surface area contributed by atoms with Crippen molar-refractivity contribution >= 4 is 26.8 Å². The maximum absolute atomic E-state index is 10.9. The van der Waals surface area contributed by atoms with E-state index in [1.54, 1.807) is 28.8 Å². The van der Waals surface area contributed by atoms with Gasteiger partial charge in [0.1, 0.15) is 29.9 Å². The van der Waals surface area contributed by atoms with E-state index in [4.69, 9.17) is 24.3 Å². The number of aliphatic hydroxyl groups excluding tert-OH is 1. The van der Waals surface area contributed by atoms with Crippen molar-refractivity contribution in [2.24, 2.45) is 0 Å². The second kappa shape index (κ2) is 9.28. The summed E-state index contributed by atoms with van der Waals surface area (Å²) in [7, 11) is -9.27. The maximum atomic E-state index is 10.9. The molecule has 1 aromatic carbocycles. The SMILES string of the molecule is O=P(O)(O)OCc1ccc(-c2ncnc3c2ncn3[C@H]2C[C@H](O)[C@@H](COP(=O)(O)O)O2)cc1. The van der Waals surface area contributed by atoms with Crippen molar-refractivity contribution in [1.29, 1.82) is 0 Å². The number of aromatic nitrogens is 4. The number of aliphatic hydroxyl groups is 1. The second-order valence-corrected chi connectivity index (χ2v) is 9.70. The van der Waals surface area contributed by atoms with E-state index in [-0.39, 0.29) is 13.0 Å². The van der Waals surface area contributed by atoms with Crippen LogP contribution in [0.15, 0.2) is 36.9 Å². The van der Waals surface area contributed by atoms with Crippen LogP contribution in [0.2, 0.25) is 0 Å². The predicted octanol–water partition coefficient (Wildman–Crippen LogP) is 0.860. The molecule has 5 N–H and O–H groups in total. The van der Waals surface area contributed by atoms with Crippen molar-refractivity contribution in [1.82, 2.24) is 19.5 Å². The molecule has 1 saturated heterocycles. The van der Waals surface area contributed by atoms with Gasteiger partial charge in [0.25, 0.3) is 0 Å². The first-order valence-corrected chi connectivity index (χ1v) is 12.6. The Balaban J connectivity index is 1.54. The van der Waals surface area contributed by atoms with Crippen molar-refractivity contribution in [2.45, 2.75) is 31.5 Å². The Morgan fingerprint density at radius 1 is 1.03 bits per heavy atom. The minimum Gasteiger partial charge on any atom is -0.390 e. The summed E-state index contributed by atoms with van der Waals surface area (Å²) in [6, 6.07) is 6.67. The van der Waals surface area contributed by atoms with Crippen LogP contribution >= 0.6 is 15.6 Å². The molecule has 2 aromatic heterocycles. The number of ether oxygens (including phenoxy) is 1. The zero-order valence-electron chi connectivity index (χ0n) is 16.8. The molecule has 14 nitrogen and oxygen atoms in total. The predicted molar refractivity (Wildman–Crippen MR) is 110 cm³/mol. The van der Waals surface area contributed by atoms with Gasteiger partial charge in [-0.1, -0.05) is 24.3 Å². The highest BCUT2D eigenvalue weighted by molar-refractivity contribution is 7.46. The molecule has 0 saturated carbocycles. The van der Waals surface area contributed by atoms with E-state index in [0.717, 1.165) is 0 Å². The first kappa shape index (κ1) is 24.0. The number of benzene rings is 1. The van der Waals surface area contributed by atoms with Crippen LogP contribution in [0.1, 0.15) is 18.2 Å². The van der Waals surface area contributed by atoms with Crippen LogP contribution in [0, 0.1) is 0 Å². The molecule has 4 rings (SSSR count). The molecular formula is C17H20N4O10P2. The molecule has 178 valence electrons. The van der Waals surface area contributed by atoms with Gasteiger partial charge in [-0.15, -0.1) is 0 Å². The second-order valence-electron chi connectivity index (χ2n) is 7.23. The molecule has 3 atom stereocenters. The third kappa shape index (κ3) is 5.89. The van der Waals surface area contributed by atoms with E-state index in [2.05, 4.69) is 24.0 Å². The Kier molecular flexibility index (Phi) is 6.76. The molecule has 16 heteroatoms. The summed E-state index contributed by atoms with van der Waals surface area (Å²) >= 11 is 0. The van der Waals surface area contributed by atoms with Crippen molar-refractivity contribution in [3.63, 3.8) is 0 Å². The Hall–Kier alpha value is -2.09. The van der Waals surface area contributed by atoms with Gasteiger partial charge in [-0.05, 0) is 5.56 Å². The minimum atomic E-state index is -4.70. The van der Waals surface area contributed by atoms with E-state index in [1.807, 2.05) is 0 Å². The lowest BCUT2D eigenvalue weighted by Crippen LogP contribution is -2.25. The first-order valence-electron chi connectivity index (χ1n) is 9.51. The van der Waals surface area contributed by atoms with E-state index >= 15 is 0 Å². The largest absolute Gasteiger partial charge is 0.469 e. The third-order valence-electron chi connectivity index (χ3n) is 4.91. The topological polar surface area (TPSA) is 207 Å². The van der Waals surface area contributed by atoms with Gasteiger partial charge >= 0.3 is 15.6 Å². The molecule has 1 fully saturated rings. The Morgan fingerprint density at radius 3 is 2.39 bits per heavy atom. The van der Waals surface area contributed by atoms with Gasteiger partial charge in [-0.2, -0.15) is 0 Å². The summed E-state index contributed by atoms with van der Waals surface area (Å²) in [6.45, 7) is -0.737. The van der Waals surface area contributed by atoms with Crippen LogP contribution in [0.5, 0.6) is 0 Å². The van der Waals surface area contributed by atoms with Gasteiger partial charge < -0.3 is 29.4 Å². The molecule has 0 spiro atoms. The highest BCUT2D eigenvalue weighted by Gasteiger charge is 2.37. The van der Waals surface area contributed by atoms with Crippen LogP contribution in [-0.4, -0.2) is 63.0 Å². The molecule has 33 heavy (non-hydrogen) atoms. The van der Waals surface area contributed by atoms with Gasteiger partial charge in [0.05, 0.1) is 25.6 Å². The number of phosphoric ester groups is 2. The number of imidazole rings is 1. The monoisotopic (exact) mass is 502 g/mol. The van der Waals surface area contributed by atoms with E-state index < -0.39 is 40.7 Å². The average molecular weight is 502 g/mol. The Labute approximate surface area is 186 Å². The summed E-state index contributed by atoms with van der Waals surface area (Å²) in [4.78, 5) is 48.2. The van der Waals surface area contributed by atoms with Crippen LogP contribution in [-0.2, 0) is 29.5 Å². The molecule has 0 unspecified atom stereocenters. The number of fused-ring (bicyclic) bond motifs is 1. The summed E-state index contributed by atoms with van der Waals surface area (Å²) in [6.07, 6.45) is 0.293. The molecule has 1 aliphatic heterocycles. The fourth-order valence-electron chi connectivity index (χ4n) is 3.40. The lowest BCUT2D eigenvalue weighted by atomic mass is 10.1. The fourth-order valence-corrected chi connectivity index (χ4v) is 4.06. The Morgan fingerprint density at radius 2 is 1.73 bits per heavy atom. The number of nitrogens with zero attached hydrogens (tertiary/aromatic N) is 4. The van der Waals surface area contributed by atoms with Crippen LogP contribution in [0.3, 0.4) is 0 Å². The third-order valence-corrected chi connectivity index (χ3v) is 5.86. The van der Waals surface area contributed by atoms with E-state index in [9.17, 15) is 14.2 Å². The molecule has 0 amide bonds. The standard InChI is InChI=1S/C17H20N4O10P2/c22-12-5-14(31-13(12)7-30-33(26,27)28)21-9-20-16-15(18-8-19-17(16)21)11-3-1-10(2-4-11)6-29-32(23,24)25/h1-4,8-9,12-14,22H,5-7H2,(H2,23,24,25)(H2,26,27,28)/t12-,13+,14+/m0/s1. The Bertz CT molecular complexity index is 1220. The van der Waals surface area contributed by atoms with Crippen molar-refractivity contribution in [3.05, 3.63) is 42.5 Å². The molecule has 0 bridgehead atoms. The smallest absolute Gasteiger partial charge is 0.390 e. The lowest BCUT2D eigenvalue weighted by molar-refractivity contribution is -0.0424. The lowest BCUT2D eigenvalue weighted by Gasteiger charge is -2.16. The van der Waals surface area contributed by atoms with Gasteiger partial charge in [-0.3, -0.25) is 13.6 Å². The number of hydrogen-bond donors (Lipinski definition) is 5. The zero-order chi connectivity index (χ0) is 23.8. The van der Waals surface area contributed by atoms with Crippen molar-refractivity contribution in [3.8, 4) is 11.3 Å². The molecule has 0 radical (unpaired) electrons. The number of phosphoric acid groups is 2. The first-order chi connectivity index (χ1) is 15.5. The molecule has 0 aliphatic carbocycles. The van der Waals surface area contributed by atoms with Gasteiger partial charge in [0.15, 0.2) is 5.65 Å². The summed E-state index contributed by atoms with van der Waals surface area (Å²) in [5, 5.41) is 10.2. The fraction of sp³-hybridized carbons (Fsp3) is 0.353. The minimum absolute atomic E-state index is 0.133. The summed E-state index contributed by atoms with van der Waals surface area (Å²) in [5.74, 6) is 0. The van der Waals surface area contributed by atoms with Crippen LogP contribution in [0.25, 0.3) is 22.4 Å². The van der Waals surface area contributed by atoms with Gasteiger partial charge in [0, 0.05) is 12.0 Å². The molecule has 3 aromatic rings. The number of rotatable bonds is 8. The maximum Gasteiger partial charge on any atom is 0.469 e. The van der Waals surface area contributed by atoms with E-state index in [1.165, 1.54) is 12.7 Å². The zero-order valence-corrected chi connectivity index (χ0v) is 18.6. The van der Waals surface area contributed by atoms with Crippen molar-refractivity contribution < 1.29 is 47.6 Å². The van der Waals surface area contributed by atoms with Gasteiger partial charge in [0.2, 0.25) is 0 Å².